The van der Waals surface area contributed by atoms with Crippen LogP contribution in [0.1, 0.15) is 219 Å². The fourth-order valence-electron chi connectivity index (χ4n) is 12.3. The maximum absolute atomic E-state index is 10.9. The minimum absolute atomic E-state index is 0.0904. The molecule has 0 saturated carbocycles. The molecule has 0 aromatic carbocycles. The molecule has 0 aromatic heterocycles. The van der Waals surface area contributed by atoms with Crippen LogP contribution in [0.5, 0.6) is 0 Å². The Bertz CT molecular complexity index is 1980. The number of hydrogen-bond acceptors (Lipinski definition) is 22. The fraction of sp³-hybridized carbons (Fsp3) is 0.949. The van der Waals surface area contributed by atoms with Crippen molar-refractivity contribution in [1.82, 2.24) is 10.6 Å². The second kappa shape index (κ2) is 51.6. The number of esters is 4. The molecule has 10 aliphatic heterocycles. The van der Waals surface area contributed by atoms with Crippen LogP contribution in [0.4, 0.5) is 0 Å². The van der Waals surface area contributed by atoms with E-state index in [-0.39, 0.29) is 40.1 Å². The average molecular weight is 1450 g/mol. The molecule has 2 N–H and O–H groups in total. The van der Waals surface area contributed by atoms with E-state index in [1.54, 1.807) is 14.2 Å². The van der Waals surface area contributed by atoms with E-state index in [0.717, 1.165) is 190 Å². The van der Waals surface area contributed by atoms with E-state index in [1.807, 2.05) is 14.1 Å². The van der Waals surface area contributed by atoms with E-state index in [4.69, 9.17) is 66.3 Å². The van der Waals surface area contributed by atoms with Gasteiger partial charge < -0.3 is 86.4 Å². The second-order valence-corrected chi connectivity index (χ2v) is 30.8. The summed E-state index contributed by atoms with van der Waals surface area (Å²) in [5, 5.41) is 6.35. The second-order valence-electron chi connectivity index (χ2n) is 30.8. The van der Waals surface area contributed by atoms with E-state index in [2.05, 4.69) is 103 Å². The standard InChI is InChI=1S/2C9H16O3.C8H17NO.2C8H14O3.C8H16O2.C8H16O.C7H15NO.C7H14O2.C7H14O/c1-3-9(6-12-7-9)5-4-8(10)11-2;1-3-9(6-11-7-9)4-5-12-8(2)10;1-3-8(4-5-9-2)6-10-7-8;1-3-8(5-11-6-8)4-7(9)10-2;1-3-8(4-10-5-8)6-11-7(2)9;1-3-8(4-5-9-2)6-10-7-8;1-3-5-8(4-2)6-9-7-8;2*1-3-7(4-8-2)5-9-6-7;1-3-7(4-2)5-8-6-7/h2*3-7H2,1-2H3;9H,3-7H2,1-2H3;2*3-6H2,1-2H3;3-7H2,1-2H3;3-7H2,1-2H3;8H,3-6H2,1-2H3;3-6H2,1-2H3;3-6H2,1-2H3. The van der Waals surface area contributed by atoms with Crippen molar-refractivity contribution in [3.63, 3.8) is 0 Å². The Hall–Kier alpha value is -2.68. The topological polar surface area (TPSA) is 240 Å². The molecule has 22 heteroatoms. The van der Waals surface area contributed by atoms with Crippen molar-refractivity contribution < 1.29 is 95.0 Å². The summed E-state index contributed by atoms with van der Waals surface area (Å²) in [4.78, 5) is 42.7. The van der Waals surface area contributed by atoms with Crippen molar-refractivity contribution in [2.45, 2.75) is 219 Å². The highest BCUT2D eigenvalue weighted by molar-refractivity contribution is 5.70. The van der Waals surface area contributed by atoms with Crippen molar-refractivity contribution in [1.29, 1.82) is 0 Å². The van der Waals surface area contributed by atoms with Crippen LogP contribution in [0.3, 0.4) is 0 Å². The molecule has 0 unspecified atom stereocenters. The third kappa shape index (κ3) is 34.4. The minimum atomic E-state index is -0.204. The first-order chi connectivity index (χ1) is 48.3. The first-order valence-corrected chi connectivity index (χ1v) is 38.7. The lowest BCUT2D eigenvalue weighted by molar-refractivity contribution is -0.168. The number of carbonyl (C=O) groups is 4. The van der Waals surface area contributed by atoms with Crippen molar-refractivity contribution in [3.05, 3.63) is 0 Å². The lowest BCUT2D eigenvalue weighted by atomic mass is 9.79. The van der Waals surface area contributed by atoms with Crippen molar-refractivity contribution in [2.75, 3.05) is 214 Å². The lowest BCUT2D eigenvalue weighted by Crippen LogP contribution is -2.48. The molecule has 10 rings (SSSR count). The largest absolute Gasteiger partial charge is 0.469 e. The van der Waals surface area contributed by atoms with Gasteiger partial charge in [0.15, 0.2) is 0 Å². The zero-order valence-electron chi connectivity index (χ0n) is 68.0. The van der Waals surface area contributed by atoms with E-state index in [9.17, 15) is 19.2 Å². The molecular formula is C79H152N2O20. The first kappa shape index (κ1) is 96.3. The average Bonchev–Trinajstić information content (AvgIpc) is 0.727. The van der Waals surface area contributed by atoms with Crippen LogP contribution in [0.2, 0.25) is 0 Å². The molecule has 0 atom stereocenters. The van der Waals surface area contributed by atoms with Gasteiger partial charge in [0.05, 0.1) is 171 Å². The number of nitrogens with one attached hydrogen (secondary N) is 2. The van der Waals surface area contributed by atoms with Crippen molar-refractivity contribution >= 4 is 23.9 Å². The van der Waals surface area contributed by atoms with Crippen molar-refractivity contribution in [2.24, 2.45) is 54.1 Å². The number of rotatable bonds is 33. The molecule has 0 radical (unpaired) electrons. The SMILES string of the molecule is CCC1(CC(=O)OC)COC1.CCC1(CC)COC1.CCC1(CCC(=O)OC)COC1.CCC1(CCNC)COC1.CCC1(CCOC(C)=O)COC1.CCC1(CCOC)COC1.CCC1(CNC)COC1.CCC1(COC(C)=O)COC1.CCC1(COC)COC1.CCCC1(CC)COC1. The molecular weight excluding hydrogens is 1300 g/mol. The summed E-state index contributed by atoms with van der Waals surface area (Å²) in [6.45, 7) is 51.8. The van der Waals surface area contributed by atoms with Crippen LogP contribution in [-0.2, 0) is 95.0 Å². The summed E-state index contributed by atoms with van der Waals surface area (Å²) in [6, 6.07) is 0. The monoisotopic (exact) mass is 1450 g/mol. The van der Waals surface area contributed by atoms with Gasteiger partial charge >= 0.3 is 23.9 Å². The Morgan fingerprint density at radius 3 is 0.842 bits per heavy atom. The van der Waals surface area contributed by atoms with Gasteiger partial charge in [0, 0.05) is 96.4 Å². The molecule has 598 valence electrons. The Morgan fingerprint density at radius 2 is 0.624 bits per heavy atom. The highest BCUT2D eigenvalue weighted by Crippen LogP contribution is 2.40. The van der Waals surface area contributed by atoms with E-state index < -0.39 is 0 Å². The van der Waals surface area contributed by atoms with Crippen LogP contribution in [0.15, 0.2) is 0 Å². The zero-order chi connectivity index (χ0) is 75.9. The highest BCUT2D eigenvalue weighted by atomic mass is 16.6. The van der Waals surface area contributed by atoms with E-state index in [0.29, 0.717) is 77.2 Å². The Labute approximate surface area is 614 Å². The van der Waals surface area contributed by atoms with Gasteiger partial charge in [-0.1, -0.05) is 89.5 Å². The van der Waals surface area contributed by atoms with Crippen LogP contribution < -0.4 is 10.6 Å². The Morgan fingerprint density at radius 1 is 0.317 bits per heavy atom. The lowest BCUT2D eigenvalue weighted by Gasteiger charge is -2.40. The molecule has 0 spiro atoms. The molecule has 0 aromatic rings. The van der Waals surface area contributed by atoms with Gasteiger partial charge in [-0.05, 0) is 123 Å². The van der Waals surface area contributed by atoms with Gasteiger partial charge in [-0.3, -0.25) is 19.2 Å². The van der Waals surface area contributed by atoms with Crippen LogP contribution in [0, 0.1) is 54.1 Å². The van der Waals surface area contributed by atoms with E-state index >= 15 is 0 Å². The summed E-state index contributed by atoms with van der Waals surface area (Å²) in [6.07, 6.45) is 20.8. The van der Waals surface area contributed by atoms with Gasteiger partial charge in [0.2, 0.25) is 0 Å². The minimum Gasteiger partial charge on any atom is -0.469 e. The molecule has 101 heavy (non-hydrogen) atoms. The maximum Gasteiger partial charge on any atom is 0.306 e. The molecule has 22 nitrogen and oxygen atoms in total. The number of hydrogen-bond donors (Lipinski definition) is 2. The Balaban J connectivity index is 0.000000562. The molecule has 0 bridgehead atoms. The summed E-state index contributed by atoms with van der Waals surface area (Å²) >= 11 is 0. The summed E-state index contributed by atoms with van der Waals surface area (Å²) in [5.74, 6) is -0.643. The van der Waals surface area contributed by atoms with Gasteiger partial charge in [-0.25, -0.2) is 0 Å². The molecule has 10 heterocycles. The normalized spacial score (nSPS) is 21.8. The van der Waals surface area contributed by atoms with Crippen LogP contribution in [-0.4, -0.2) is 238 Å². The third-order valence-corrected chi connectivity index (χ3v) is 23.3. The number of methoxy groups -OCH3 is 4. The van der Waals surface area contributed by atoms with Gasteiger partial charge in [0.25, 0.3) is 0 Å². The predicted molar refractivity (Wildman–Crippen MR) is 397 cm³/mol. The summed E-state index contributed by atoms with van der Waals surface area (Å²) < 4.78 is 80.4. The van der Waals surface area contributed by atoms with Crippen LogP contribution >= 0.6 is 0 Å². The molecule has 0 amide bonds. The Kier molecular flexibility index (Phi) is 49.2. The molecule has 0 aliphatic carbocycles. The number of carbonyl (C=O) groups excluding carboxylic acids is 4. The molecule has 10 aliphatic rings. The van der Waals surface area contributed by atoms with Gasteiger partial charge in [-0.15, -0.1) is 0 Å². The predicted octanol–water partition coefficient (Wildman–Crippen LogP) is 12.9. The van der Waals surface area contributed by atoms with Crippen LogP contribution in [0.25, 0.3) is 0 Å². The quantitative estimate of drug-likeness (QED) is 0.0458. The maximum atomic E-state index is 10.9. The third-order valence-electron chi connectivity index (χ3n) is 23.3. The summed E-state index contributed by atoms with van der Waals surface area (Å²) in [5.41, 5.74) is 3.82. The van der Waals surface area contributed by atoms with E-state index in [1.165, 1.54) is 92.3 Å². The van der Waals surface area contributed by atoms with Gasteiger partial charge in [0.1, 0.15) is 6.61 Å². The molecule has 10 fully saturated rings. The van der Waals surface area contributed by atoms with Gasteiger partial charge in [-0.2, -0.15) is 0 Å². The van der Waals surface area contributed by atoms with Crippen molar-refractivity contribution in [3.8, 4) is 0 Å². The smallest absolute Gasteiger partial charge is 0.306 e. The number of ether oxygens (including phenoxy) is 16. The summed E-state index contributed by atoms with van der Waals surface area (Å²) in [7, 11) is 10.3. The fourth-order valence-corrected chi connectivity index (χ4v) is 12.3. The highest BCUT2D eigenvalue weighted by Gasteiger charge is 2.43. The first-order valence-electron chi connectivity index (χ1n) is 38.7. The zero-order valence-corrected chi connectivity index (χ0v) is 68.0. The molecule has 10 saturated heterocycles.